The molecule has 3 rings (SSSR count). The van der Waals surface area contributed by atoms with Crippen LogP contribution < -0.4 is 0 Å². The molecule has 2 aromatic heterocycles. The van der Waals surface area contributed by atoms with Crippen LogP contribution in [0.5, 0.6) is 0 Å². The van der Waals surface area contributed by atoms with E-state index >= 15 is 0 Å². The van der Waals surface area contributed by atoms with E-state index in [-0.39, 0.29) is 6.04 Å². The van der Waals surface area contributed by atoms with Gasteiger partial charge in [0.25, 0.3) is 0 Å². The van der Waals surface area contributed by atoms with Crippen LogP contribution in [0, 0.1) is 6.92 Å². The lowest BCUT2D eigenvalue weighted by atomic mass is 10.2. The maximum Gasteiger partial charge on any atom is 0.243 e. The minimum atomic E-state index is 0.160. The molecule has 2 aromatic rings. The highest BCUT2D eigenvalue weighted by molar-refractivity contribution is 4.99. The largest absolute Gasteiger partial charge is 0.444 e. The van der Waals surface area contributed by atoms with Crippen LogP contribution in [0.3, 0.4) is 0 Å². The zero-order valence-corrected chi connectivity index (χ0v) is 14.3. The number of hydrogen-bond acceptors (Lipinski definition) is 7. The van der Waals surface area contributed by atoms with E-state index in [0.29, 0.717) is 17.6 Å². The Bertz CT molecular complexity index is 628. The molecule has 0 bridgehead atoms. The molecular weight excluding hydrogens is 294 g/mol. The van der Waals surface area contributed by atoms with Gasteiger partial charge in [0.15, 0.2) is 5.82 Å². The molecule has 0 amide bonds. The zero-order chi connectivity index (χ0) is 16.4. The first kappa shape index (κ1) is 16.1. The third-order valence-electron chi connectivity index (χ3n) is 4.35. The van der Waals surface area contributed by atoms with E-state index in [4.69, 9.17) is 8.94 Å². The summed E-state index contributed by atoms with van der Waals surface area (Å²) in [6.07, 6.45) is 1.84. The zero-order valence-electron chi connectivity index (χ0n) is 14.3. The Morgan fingerprint density at radius 1 is 1.17 bits per heavy atom. The van der Waals surface area contributed by atoms with Crippen LogP contribution >= 0.6 is 0 Å². The smallest absolute Gasteiger partial charge is 0.243 e. The molecule has 1 fully saturated rings. The molecule has 23 heavy (non-hydrogen) atoms. The van der Waals surface area contributed by atoms with Crippen molar-refractivity contribution in [2.75, 3.05) is 26.2 Å². The second-order valence-corrected chi connectivity index (χ2v) is 6.48. The summed E-state index contributed by atoms with van der Waals surface area (Å²) in [6, 6.07) is 0.160. The van der Waals surface area contributed by atoms with Gasteiger partial charge in [-0.15, -0.1) is 0 Å². The lowest BCUT2D eigenvalue weighted by molar-refractivity contribution is 0.0795. The normalized spacial score (nSPS) is 18.7. The first-order valence-electron chi connectivity index (χ1n) is 8.24. The predicted octanol–water partition coefficient (Wildman–Crippen LogP) is 2.37. The van der Waals surface area contributed by atoms with Crippen molar-refractivity contribution in [3.8, 4) is 0 Å². The molecule has 3 heterocycles. The summed E-state index contributed by atoms with van der Waals surface area (Å²) in [7, 11) is 0. The Labute approximate surface area is 136 Å². The third kappa shape index (κ3) is 3.79. The summed E-state index contributed by atoms with van der Waals surface area (Å²) in [5, 5.41) is 3.88. The first-order chi connectivity index (χ1) is 11.0. The van der Waals surface area contributed by atoms with Crippen molar-refractivity contribution >= 4 is 0 Å². The molecule has 7 heteroatoms. The fraction of sp³-hybridized carbons (Fsp3) is 0.688. The minimum Gasteiger partial charge on any atom is -0.444 e. The lowest BCUT2D eigenvalue weighted by Gasteiger charge is -2.36. The van der Waals surface area contributed by atoms with Gasteiger partial charge in [0, 0.05) is 32.1 Å². The number of piperazine rings is 1. The summed E-state index contributed by atoms with van der Waals surface area (Å²) < 4.78 is 11.1. The number of aryl methyl sites for hydroxylation is 1. The van der Waals surface area contributed by atoms with Crippen LogP contribution in [-0.4, -0.2) is 51.1 Å². The monoisotopic (exact) mass is 319 g/mol. The third-order valence-corrected chi connectivity index (χ3v) is 4.35. The summed E-state index contributed by atoms with van der Waals surface area (Å²) in [6.45, 7) is 12.9. The molecule has 0 N–H and O–H groups in total. The fourth-order valence-corrected chi connectivity index (χ4v) is 2.80. The first-order valence-corrected chi connectivity index (χ1v) is 8.24. The van der Waals surface area contributed by atoms with Crippen LogP contribution in [-0.2, 0) is 6.54 Å². The van der Waals surface area contributed by atoms with E-state index in [9.17, 15) is 0 Å². The van der Waals surface area contributed by atoms with Crippen molar-refractivity contribution < 1.29 is 8.94 Å². The standard InChI is InChI=1S/C16H25N5O2/c1-11(2)14-9-17-15(22-14)10-20-5-7-21(8-6-20)12(3)16-18-13(4)19-23-16/h9,11-12H,5-8,10H2,1-4H3. The predicted molar refractivity (Wildman–Crippen MR) is 84.9 cm³/mol. The fourth-order valence-electron chi connectivity index (χ4n) is 2.80. The molecule has 1 saturated heterocycles. The Morgan fingerprint density at radius 2 is 1.91 bits per heavy atom. The number of hydrogen-bond donors (Lipinski definition) is 0. The van der Waals surface area contributed by atoms with Gasteiger partial charge in [-0.25, -0.2) is 4.98 Å². The van der Waals surface area contributed by atoms with Gasteiger partial charge in [-0.05, 0) is 13.8 Å². The van der Waals surface area contributed by atoms with Gasteiger partial charge in [-0.3, -0.25) is 9.80 Å². The molecule has 0 radical (unpaired) electrons. The molecule has 0 aliphatic carbocycles. The summed E-state index contributed by atoms with van der Waals surface area (Å²) in [4.78, 5) is 13.5. The van der Waals surface area contributed by atoms with Gasteiger partial charge >= 0.3 is 0 Å². The molecule has 1 atom stereocenters. The molecule has 1 aliphatic rings. The van der Waals surface area contributed by atoms with E-state index < -0.39 is 0 Å². The van der Waals surface area contributed by atoms with Crippen LogP contribution in [0.2, 0.25) is 0 Å². The molecule has 0 saturated carbocycles. The van der Waals surface area contributed by atoms with Crippen molar-refractivity contribution in [2.45, 2.75) is 46.2 Å². The van der Waals surface area contributed by atoms with Gasteiger partial charge in [-0.1, -0.05) is 19.0 Å². The van der Waals surface area contributed by atoms with E-state index in [1.807, 2.05) is 13.1 Å². The molecule has 0 aromatic carbocycles. The molecule has 1 unspecified atom stereocenters. The topological polar surface area (TPSA) is 71.4 Å². The van der Waals surface area contributed by atoms with E-state index in [0.717, 1.165) is 44.4 Å². The van der Waals surface area contributed by atoms with E-state index in [1.165, 1.54) is 0 Å². The highest BCUT2D eigenvalue weighted by Gasteiger charge is 2.26. The van der Waals surface area contributed by atoms with Crippen molar-refractivity contribution in [2.24, 2.45) is 0 Å². The van der Waals surface area contributed by atoms with Gasteiger partial charge in [0.05, 0.1) is 18.8 Å². The Morgan fingerprint density at radius 3 is 2.48 bits per heavy atom. The molecule has 1 aliphatic heterocycles. The number of oxazole rings is 1. The second-order valence-electron chi connectivity index (χ2n) is 6.48. The Hall–Kier alpha value is -1.73. The maximum absolute atomic E-state index is 5.79. The SMILES string of the molecule is Cc1noc(C(C)N2CCN(Cc3ncc(C(C)C)o3)CC2)n1. The van der Waals surface area contributed by atoms with Crippen molar-refractivity contribution in [3.05, 3.63) is 29.6 Å². The van der Waals surface area contributed by atoms with Gasteiger partial charge < -0.3 is 8.94 Å². The van der Waals surface area contributed by atoms with Crippen LogP contribution in [0.25, 0.3) is 0 Å². The van der Waals surface area contributed by atoms with Crippen molar-refractivity contribution in [3.63, 3.8) is 0 Å². The van der Waals surface area contributed by atoms with Crippen LogP contribution in [0.4, 0.5) is 0 Å². The van der Waals surface area contributed by atoms with Crippen molar-refractivity contribution in [1.82, 2.24) is 24.9 Å². The van der Waals surface area contributed by atoms with E-state index in [1.54, 1.807) is 0 Å². The van der Waals surface area contributed by atoms with Crippen LogP contribution in [0.15, 0.2) is 15.1 Å². The van der Waals surface area contributed by atoms with Crippen LogP contribution in [0.1, 0.15) is 56.1 Å². The van der Waals surface area contributed by atoms with Gasteiger partial charge in [0.1, 0.15) is 5.76 Å². The highest BCUT2D eigenvalue weighted by atomic mass is 16.5. The summed E-state index contributed by atoms with van der Waals surface area (Å²) >= 11 is 0. The molecule has 7 nitrogen and oxygen atoms in total. The van der Waals surface area contributed by atoms with Gasteiger partial charge in [-0.2, -0.15) is 4.98 Å². The summed E-state index contributed by atoms with van der Waals surface area (Å²) in [5.74, 6) is 3.54. The van der Waals surface area contributed by atoms with E-state index in [2.05, 4.69) is 45.7 Å². The Balaban J connectivity index is 1.51. The highest BCUT2D eigenvalue weighted by Crippen LogP contribution is 2.21. The Kier molecular flexibility index (Phi) is 4.77. The maximum atomic E-state index is 5.79. The molecular formula is C16H25N5O2. The average Bonchev–Trinajstić information content (AvgIpc) is 3.16. The number of nitrogens with zero attached hydrogens (tertiary/aromatic N) is 5. The number of aromatic nitrogens is 3. The average molecular weight is 319 g/mol. The lowest BCUT2D eigenvalue weighted by Crippen LogP contribution is -2.46. The minimum absolute atomic E-state index is 0.160. The molecule has 126 valence electrons. The summed E-state index contributed by atoms with van der Waals surface area (Å²) in [5.41, 5.74) is 0. The van der Waals surface area contributed by atoms with Gasteiger partial charge in [0.2, 0.25) is 11.8 Å². The molecule has 0 spiro atoms. The number of rotatable bonds is 5. The van der Waals surface area contributed by atoms with Crippen molar-refractivity contribution in [1.29, 1.82) is 0 Å². The second kappa shape index (κ2) is 6.80. The quantitative estimate of drug-likeness (QED) is 0.837.